The first-order valence-electron chi connectivity index (χ1n) is 7.56. The summed E-state index contributed by atoms with van der Waals surface area (Å²) in [5, 5.41) is 10.3. The third kappa shape index (κ3) is 3.63. The number of thiophene rings is 1. The summed E-state index contributed by atoms with van der Waals surface area (Å²) in [5.41, 5.74) is 0.969. The molecule has 1 fully saturated rings. The molecular weight excluding hydrogens is 398 g/mol. The van der Waals surface area contributed by atoms with Crippen LogP contribution in [-0.2, 0) is 4.79 Å². The highest BCUT2D eigenvalue weighted by Gasteiger charge is 2.36. The standard InChI is InChI=1S/C17H17BrClNO2S/c18-15-9-8-14(23-15)16(11-5-1-2-6-12(11)19)20-10-4-3-7-13(20)17(21)22/h1-2,5-6,8-9,13,16H,3-4,7,10H2,(H,21,22). The number of carboxylic acid groups (broad SMARTS) is 1. The first-order valence-corrected chi connectivity index (χ1v) is 9.55. The van der Waals surface area contributed by atoms with E-state index in [1.807, 2.05) is 30.3 Å². The highest BCUT2D eigenvalue weighted by atomic mass is 79.9. The maximum atomic E-state index is 11.7. The maximum absolute atomic E-state index is 11.7. The predicted molar refractivity (Wildman–Crippen MR) is 97.3 cm³/mol. The second kappa shape index (κ2) is 7.34. The van der Waals surface area contributed by atoms with Gasteiger partial charge in [0.1, 0.15) is 6.04 Å². The van der Waals surface area contributed by atoms with Crippen LogP contribution in [-0.4, -0.2) is 28.6 Å². The Morgan fingerprint density at radius 2 is 2.09 bits per heavy atom. The zero-order chi connectivity index (χ0) is 16.4. The quantitative estimate of drug-likeness (QED) is 0.748. The van der Waals surface area contributed by atoms with Gasteiger partial charge in [-0.2, -0.15) is 0 Å². The molecule has 1 saturated heterocycles. The van der Waals surface area contributed by atoms with Crippen molar-refractivity contribution in [1.29, 1.82) is 0 Å². The van der Waals surface area contributed by atoms with Crippen molar-refractivity contribution in [3.8, 4) is 0 Å². The zero-order valence-corrected chi connectivity index (χ0v) is 15.6. The van der Waals surface area contributed by atoms with Crippen molar-refractivity contribution >= 4 is 44.8 Å². The first kappa shape index (κ1) is 17.0. The second-order valence-corrected chi connectivity index (χ2v) is 8.56. The Balaban J connectivity index is 2.08. The summed E-state index contributed by atoms with van der Waals surface area (Å²) in [7, 11) is 0. The zero-order valence-electron chi connectivity index (χ0n) is 12.4. The first-order chi connectivity index (χ1) is 11.1. The number of hydrogen-bond donors (Lipinski definition) is 1. The normalized spacial score (nSPS) is 20.3. The highest BCUT2D eigenvalue weighted by molar-refractivity contribution is 9.11. The van der Waals surface area contributed by atoms with Gasteiger partial charge in [-0.3, -0.25) is 9.69 Å². The lowest BCUT2D eigenvalue weighted by atomic mass is 9.95. The van der Waals surface area contributed by atoms with Crippen LogP contribution in [0.2, 0.25) is 5.02 Å². The van der Waals surface area contributed by atoms with E-state index in [4.69, 9.17) is 11.6 Å². The van der Waals surface area contributed by atoms with Crippen molar-refractivity contribution in [2.45, 2.75) is 31.3 Å². The monoisotopic (exact) mass is 413 g/mol. The summed E-state index contributed by atoms with van der Waals surface area (Å²) in [6, 6.07) is 11.2. The van der Waals surface area contributed by atoms with E-state index in [1.54, 1.807) is 11.3 Å². The average molecular weight is 415 g/mol. The molecule has 0 bridgehead atoms. The number of carboxylic acids is 1. The molecule has 3 nitrogen and oxygen atoms in total. The molecule has 1 aromatic carbocycles. The van der Waals surface area contributed by atoms with Gasteiger partial charge in [0.25, 0.3) is 0 Å². The molecule has 0 radical (unpaired) electrons. The van der Waals surface area contributed by atoms with Gasteiger partial charge in [-0.15, -0.1) is 11.3 Å². The number of benzene rings is 1. The molecule has 23 heavy (non-hydrogen) atoms. The number of hydrogen-bond acceptors (Lipinski definition) is 3. The molecule has 0 amide bonds. The maximum Gasteiger partial charge on any atom is 0.320 e. The molecule has 1 aromatic heterocycles. The van der Waals surface area contributed by atoms with Crippen molar-refractivity contribution in [3.05, 3.63) is 55.6 Å². The minimum absolute atomic E-state index is 0.124. The number of aliphatic carboxylic acids is 1. The molecule has 1 N–H and O–H groups in total. The molecule has 0 aliphatic carbocycles. The minimum atomic E-state index is -0.752. The molecule has 2 unspecified atom stereocenters. The van der Waals surface area contributed by atoms with Crippen LogP contribution in [0.15, 0.2) is 40.2 Å². The minimum Gasteiger partial charge on any atom is -0.480 e. The van der Waals surface area contributed by atoms with Crippen LogP contribution in [0.25, 0.3) is 0 Å². The summed E-state index contributed by atoms with van der Waals surface area (Å²) >= 11 is 11.6. The molecule has 3 rings (SSSR count). The van der Waals surface area contributed by atoms with Gasteiger partial charge in [-0.05, 0) is 59.1 Å². The summed E-state index contributed by atoms with van der Waals surface area (Å²) in [5.74, 6) is -0.752. The molecule has 1 aliphatic heterocycles. The number of rotatable bonds is 4. The van der Waals surface area contributed by atoms with Gasteiger partial charge in [0.05, 0.1) is 9.83 Å². The molecule has 1 aliphatic rings. The summed E-state index contributed by atoms with van der Waals surface area (Å²) in [4.78, 5) is 14.9. The number of likely N-dealkylation sites (tertiary alicyclic amines) is 1. The third-order valence-electron chi connectivity index (χ3n) is 4.22. The second-order valence-electron chi connectivity index (χ2n) is 5.65. The van der Waals surface area contributed by atoms with Crippen LogP contribution in [0, 0.1) is 0 Å². The Bertz CT molecular complexity index is 705. The molecular formula is C17H17BrClNO2S. The Labute approximate surface area is 153 Å². The molecule has 0 spiro atoms. The Morgan fingerprint density at radius 3 is 2.74 bits per heavy atom. The van der Waals surface area contributed by atoms with Crippen molar-refractivity contribution in [2.75, 3.05) is 6.54 Å². The average Bonchev–Trinajstić information content (AvgIpc) is 2.96. The number of piperidine rings is 1. The largest absolute Gasteiger partial charge is 0.480 e. The van der Waals surface area contributed by atoms with Crippen LogP contribution in [0.5, 0.6) is 0 Å². The van der Waals surface area contributed by atoms with E-state index in [9.17, 15) is 9.90 Å². The van der Waals surface area contributed by atoms with Gasteiger partial charge in [0, 0.05) is 9.90 Å². The van der Waals surface area contributed by atoms with E-state index in [0.717, 1.165) is 33.6 Å². The topological polar surface area (TPSA) is 40.5 Å². The van der Waals surface area contributed by atoms with Crippen LogP contribution >= 0.6 is 38.9 Å². The van der Waals surface area contributed by atoms with Crippen molar-refractivity contribution in [1.82, 2.24) is 4.90 Å². The Morgan fingerprint density at radius 1 is 1.30 bits per heavy atom. The van der Waals surface area contributed by atoms with Crippen molar-refractivity contribution in [3.63, 3.8) is 0 Å². The van der Waals surface area contributed by atoms with E-state index in [0.29, 0.717) is 11.4 Å². The van der Waals surface area contributed by atoms with Gasteiger partial charge in [0.2, 0.25) is 0 Å². The van der Waals surface area contributed by atoms with Crippen molar-refractivity contribution in [2.24, 2.45) is 0 Å². The van der Waals surface area contributed by atoms with Gasteiger partial charge in [-0.25, -0.2) is 0 Å². The fourth-order valence-electron chi connectivity index (χ4n) is 3.20. The van der Waals surface area contributed by atoms with Crippen LogP contribution in [0.3, 0.4) is 0 Å². The molecule has 2 aromatic rings. The lowest BCUT2D eigenvalue weighted by Crippen LogP contribution is -2.46. The van der Waals surface area contributed by atoms with E-state index in [2.05, 4.69) is 26.9 Å². The molecule has 0 saturated carbocycles. The molecule has 122 valence electrons. The van der Waals surface area contributed by atoms with Crippen LogP contribution in [0.1, 0.15) is 35.7 Å². The predicted octanol–water partition coefficient (Wildman–Crippen LogP) is 5.19. The van der Waals surface area contributed by atoms with E-state index >= 15 is 0 Å². The van der Waals surface area contributed by atoms with E-state index in [1.165, 1.54) is 0 Å². The van der Waals surface area contributed by atoms with Crippen LogP contribution < -0.4 is 0 Å². The third-order valence-corrected chi connectivity index (χ3v) is 6.24. The van der Waals surface area contributed by atoms with Gasteiger partial charge in [0.15, 0.2) is 0 Å². The number of halogens is 2. The van der Waals surface area contributed by atoms with Gasteiger partial charge in [-0.1, -0.05) is 36.2 Å². The summed E-state index contributed by atoms with van der Waals surface area (Å²) < 4.78 is 1.04. The van der Waals surface area contributed by atoms with Gasteiger partial charge >= 0.3 is 5.97 Å². The van der Waals surface area contributed by atoms with Crippen LogP contribution in [0.4, 0.5) is 0 Å². The molecule has 6 heteroatoms. The van der Waals surface area contributed by atoms with E-state index < -0.39 is 12.0 Å². The van der Waals surface area contributed by atoms with Crippen molar-refractivity contribution < 1.29 is 9.90 Å². The van der Waals surface area contributed by atoms with Gasteiger partial charge < -0.3 is 5.11 Å². The summed E-state index contributed by atoms with van der Waals surface area (Å²) in [6.45, 7) is 0.766. The Hall–Kier alpha value is -0.880. The lowest BCUT2D eigenvalue weighted by molar-refractivity contribution is -0.145. The lowest BCUT2D eigenvalue weighted by Gasteiger charge is -2.39. The SMILES string of the molecule is O=C(O)C1CCCCN1C(c1ccc(Br)s1)c1ccccc1Cl. The molecule has 2 atom stereocenters. The summed E-state index contributed by atoms with van der Waals surface area (Å²) in [6.07, 6.45) is 2.65. The fourth-order valence-corrected chi connectivity index (χ4v) is 5.00. The number of nitrogens with zero attached hydrogens (tertiary/aromatic N) is 1. The smallest absolute Gasteiger partial charge is 0.320 e. The Kier molecular flexibility index (Phi) is 5.42. The van der Waals surface area contributed by atoms with E-state index in [-0.39, 0.29) is 6.04 Å². The highest BCUT2D eigenvalue weighted by Crippen LogP contribution is 2.40. The fraction of sp³-hybridized carbons (Fsp3) is 0.353. The molecule has 2 heterocycles. The number of carbonyl (C=O) groups is 1.